The monoisotopic (exact) mass is 296 g/mol. The van der Waals surface area contributed by atoms with E-state index in [-0.39, 0.29) is 17.4 Å². The molecule has 0 aliphatic heterocycles. The molecule has 1 aromatic rings. The average Bonchev–Trinajstić information content (AvgIpc) is 2.48. The van der Waals surface area contributed by atoms with Gasteiger partial charge in [-0.15, -0.1) is 0 Å². The van der Waals surface area contributed by atoms with Crippen molar-refractivity contribution in [3.8, 4) is 5.88 Å². The number of hydrogen-bond donors (Lipinski definition) is 1. The molecule has 118 valence electrons. The number of rotatable bonds is 11. The number of unbranched alkanes of at least 4 members (excludes halogenated alkanes) is 4. The summed E-state index contributed by atoms with van der Waals surface area (Å²) in [6, 6.07) is 0. The Morgan fingerprint density at radius 2 is 1.95 bits per heavy atom. The van der Waals surface area contributed by atoms with Crippen LogP contribution in [0.15, 0.2) is 6.33 Å². The quantitative estimate of drug-likeness (QED) is 0.381. The van der Waals surface area contributed by atoms with E-state index in [0.29, 0.717) is 13.2 Å². The highest BCUT2D eigenvalue weighted by Gasteiger charge is 2.23. The van der Waals surface area contributed by atoms with Gasteiger partial charge in [0.05, 0.1) is 11.5 Å². The van der Waals surface area contributed by atoms with Crippen LogP contribution in [0.5, 0.6) is 5.88 Å². The minimum Gasteiger partial charge on any atom is -0.473 e. The third kappa shape index (κ3) is 5.93. The van der Waals surface area contributed by atoms with Gasteiger partial charge >= 0.3 is 5.69 Å². The van der Waals surface area contributed by atoms with Crippen LogP contribution < -0.4 is 10.1 Å². The van der Waals surface area contributed by atoms with Gasteiger partial charge in [0.25, 0.3) is 5.88 Å². The summed E-state index contributed by atoms with van der Waals surface area (Å²) < 4.78 is 5.47. The first kappa shape index (κ1) is 17.1. The van der Waals surface area contributed by atoms with Gasteiger partial charge in [-0.25, -0.2) is 4.98 Å². The molecule has 0 atom stereocenters. The molecule has 1 N–H and O–H groups in total. The molecule has 0 fully saturated rings. The highest BCUT2D eigenvalue weighted by atomic mass is 16.6. The SMILES string of the molecule is CCCCCCCOc1ncnc(NCCC)c1[N+](=O)[O-]. The second-order valence-corrected chi connectivity index (χ2v) is 4.82. The number of nitro groups is 1. The first-order valence-corrected chi connectivity index (χ1v) is 7.56. The van der Waals surface area contributed by atoms with Crippen LogP contribution in [0.25, 0.3) is 0 Å². The lowest BCUT2D eigenvalue weighted by Gasteiger charge is -2.08. The highest BCUT2D eigenvalue weighted by molar-refractivity contribution is 5.60. The van der Waals surface area contributed by atoms with Crippen molar-refractivity contribution in [2.45, 2.75) is 52.4 Å². The third-order valence-electron chi connectivity index (χ3n) is 3.00. The molecule has 0 saturated heterocycles. The largest absolute Gasteiger partial charge is 0.473 e. The summed E-state index contributed by atoms with van der Waals surface area (Å²) in [5, 5.41) is 14.1. The van der Waals surface area contributed by atoms with Crippen molar-refractivity contribution in [2.24, 2.45) is 0 Å². The summed E-state index contributed by atoms with van der Waals surface area (Å²) in [6.45, 7) is 5.20. The van der Waals surface area contributed by atoms with E-state index in [2.05, 4.69) is 22.2 Å². The lowest BCUT2D eigenvalue weighted by atomic mass is 10.2. The average molecular weight is 296 g/mol. The Bertz CT molecular complexity index is 440. The second-order valence-electron chi connectivity index (χ2n) is 4.82. The maximum Gasteiger partial charge on any atom is 0.372 e. The lowest BCUT2D eigenvalue weighted by molar-refractivity contribution is -0.385. The molecule has 0 radical (unpaired) electrons. The molecule has 0 amide bonds. The Balaban J connectivity index is 2.61. The molecule has 0 aliphatic rings. The lowest BCUT2D eigenvalue weighted by Crippen LogP contribution is -2.09. The molecular weight excluding hydrogens is 272 g/mol. The number of hydrogen-bond acceptors (Lipinski definition) is 6. The first-order chi connectivity index (χ1) is 10.2. The Labute approximate surface area is 125 Å². The summed E-state index contributed by atoms with van der Waals surface area (Å²) in [4.78, 5) is 18.5. The first-order valence-electron chi connectivity index (χ1n) is 7.56. The standard InChI is InChI=1S/C14H24N4O3/c1-3-5-6-7-8-10-21-14-12(18(19)20)13(15-9-4-2)16-11-17-14/h11H,3-10H2,1-2H3,(H,15,16,17). The number of aromatic nitrogens is 2. The maximum atomic E-state index is 11.2. The van der Waals surface area contributed by atoms with E-state index in [1.54, 1.807) is 0 Å². The molecule has 0 aromatic carbocycles. The number of nitrogens with zero attached hydrogens (tertiary/aromatic N) is 3. The minimum absolute atomic E-state index is 0.0455. The predicted octanol–water partition coefficient (Wildman–Crippen LogP) is 3.56. The van der Waals surface area contributed by atoms with Gasteiger partial charge in [-0.3, -0.25) is 10.1 Å². The zero-order valence-electron chi connectivity index (χ0n) is 12.8. The Kier molecular flexibility index (Phi) is 8.08. The predicted molar refractivity (Wildman–Crippen MR) is 81.7 cm³/mol. The van der Waals surface area contributed by atoms with E-state index < -0.39 is 4.92 Å². The molecule has 0 bridgehead atoms. The smallest absolute Gasteiger partial charge is 0.372 e. The van der Waals surface area contributed by atoms with Gasteiger partial charge < -0.3 is 10.1 Å². The van der Waals surface area contributed by atoms with Gasteiger partial charge in [-0.05, 0) is 12.8 Å². The van der Waals surface area contributed by atoms with E-state index in [1.165, 1.54) is 19.2 Å². The molecule has 0 unspecified atom stereocenters. The van der Waals surface area contributed by atoms with Crippen molar-refractivity contribution in [1.29, 1.82) is 0 Å². The number of anilines is 1. The van der Waals surface area contributed by atoms with Crippen molar-refractivity contribution >= 4 is 11.5 Å². The molecule has 1 heterocycles. The van der Waals surface area contributed by atoms with Gasteiger partial charge in [-0.2, -0.15) is 4.98 Å². The van der Waals surface area contributed by atoms with Crippen LogP contribution in [0.4, 0.5) is 11.5 Å². The highest BCUT2D eigenvalue weighted by Crippen LogP contribution is 2.30. The summed E-state index contributed by atoms with van der Waals surface area (Å²) in [5.74, 6) is 0.266. The van der Waals surface area contributed by atoms with E-state index in [0.717, 1.165) is 25.7 Å². The Morgan fingerprint density at radius 1 is 1.19 bits per heavy atom. The summed E-state index contributed by atoms with van der Waals surface area (Å²) in [7, 11) is 0. The van der Waals surface area contributed by atoms with Gasteiger partial charge in [0.2, 0.25) is 5.82 Å². The van der Waals surface area contributed by atoms with Crippen LogP contribution in [0.3, 0.4) is 0 Å². The fourth-order valence-electron chi connectivity index (χ4n) is 1.88. The normalized spacial score (nSPS) is 10.4. The summed E-state index contributed by atoms with van der Waals surface area (Å²) in [6.07, 6.45) is 7.64. The number of ether oxygens (including phenoxy) is 1. The van der Waals surface area contributed by atoms with Crippen molar-refractivity contribution in [3.05, 3.63) is 16.4 Å². The topological polar surface area (TPSA) is 90.2 Å². The fourth-order valence-corrected chi connectivity index (χ4v) is 1.88. The van der Waals surface area contributed by atoms with Crippen LogP contribution >= 0.6 is 0 Å². The van der Waals surface area contributed by atoms with Crippen LogP contribution in [-0.4, -0.2) is 28.0 Å². The second kappa shape index (κ2) is 9.90. The zero-order chi connectivity index (χ0) is 15.5. The Hall–Kier alpha value is -1.92. The maximum absolute atomic E-state index is 11.2. The molecular formula is C14H24N4O3. The van der Waals surface area contributed by atoms with Crippen molar-refractivity contribution in [1.82, 2.24) is 9.97 Å². The van der Waals surface area contributed by atoms with Crippen molar-refractivity contribution in [3.63, 3.8) is 0 Å². The van der Waals surface area contributed by atoms with Crippen LogP contribution in [0.2, 0.25) is 0 Å². The van der Waals surface area contributed by atoms with E-state index >= 15 is 0 Å². The number of nitrogens with one attached hydrogen (secondary N) is 1. The third-order valence-corrected chi connectivity index (χ3v) is 3.00. The van der Waals surface area contributed by atoms with Crippen molar-refractivity contribution in [2.75, 3.05) is 18.5 Å². The molecule has 1 aromatic heterocycles. The van der Waals surface area contributed by atoms with Crippen LogP contribution in [0.1, 0.15) is 52.4 Å². The molecule has 0 spiro atoms. The molecule has 7 heteroatoms. The van der Waals surface area contributed by atoms with E-state index in [4.69, 9.17) is 4.74 Å². The van der Waals surface area contributed by atoms with E-state index in [1.807, 2.05) is 6.92 Å². The van der Waals surface area contributed by atoms with Gasteiger partial charge in [0.15, 0.2) is 0 Å². The molecule has 7 nitrogen and oxygen atoms in total. The minimum atomic E-state index is -0.496. The fraction of sp³-hybridized carbons (Fsp3) is 0.714. The molecule has 0 saturated carbocycles. The van der Waals surface area contributed by atoms with Crippen molar-refractivity contribution < 1.29 is 9.66 Å². The van der Waals surface area contributed by atoms with Gasteiger partial charge in [0.1, 0.15) is 6.33 Å². The molecule has 21 heavy (non-hydrogen) atoms. The van der Waals surface area contributed by atoms with Gasteiger partial charge in [0, 0.05) is 6.54 Å². The molecule has 1 rings (SSSR count). The van der Waals surface area contributed by atoms with Crippen LogP contribution in [-0.2, 0) is 0 Å². The van der Waals surface area contributed by atoms with E-state index in [9.17, 15) is 10.1 Å². The molecule has 0 aliphatic carbocycles. The summed E-state index contributed by atoms with van der Waals surface area (Å²) >= 11 is 0. The Morgan fingerprint density at radius 3 is 2.62 bits per heavy atom. The van der Waals surface area contributed by atoms with Crippen LogP contribution in [0, 0.1) is 10.1 Å². The van der Waals surface area contributed by atoms with Gasteiger partial charge in [-0.1, -0.05) is 39.5 Å². The zero-order valence-corrected chi connectivity index (χ0v) is 12.8. The summed E-state index contributed by atoms with van der Waals surface area (Å²) in [5.41, 5.74) is -0.181.